The number of hydrogen-bond donors (Lipinski definition) is 2. The average Bonchev–Trinajstić information content (AvgIpc) is 3.10. The van der Waals surface area contributed by atoms with Crippen LogP contribution in [0.2, 0.25) is 5.02 Å². The fourth-order valence-corrected chi connectivity index (χ4v) is 3.95. The summed E-state index contributed by atoms with van der Waals surface area (Å²) in [5.41, 5.74) is 9.43. The summed E-state index contributed by atoms with van der Waals surface area (Å²) in [6.07, 6.45) is 3.84. The second-order valence-electron chi connectivity index (χ2n) is 6.92. The molecule has 4 rings (SSSR count). The third-order valence-corrected chi connectivity index (χ3v) is 5.54. The van der Waals surface area contributed by atoms with E-state index in [1.54, 1.807) is 19.1 Å². The number of rotatable bonds is 3. The number of imidazole rings is 1. The van der Waals surface area contributed by atoms with Gasteiger partial charge in [-0.2, -0.15) is 0 Å². The molecule has 0 aliphatic carbocycles. The number of phenolic OH excluding ortho intramolecular Hbond substituents is 1. The van der Waals surface area contributed by atoms with Gasteiger partial charge in [0.05, 0.1) is 11.2 Å². The lowest BCUT2D eigenvalue weighted by atomic mass is 10.0. The number of aromatic hydroxyl groups is 1. The minimum absolute atomic E-state index is 0.106. The molecule has 146 valence electrons. The van der Waals surface area contributed by atoms with Gasteiger partial charge in [0.1, 0.15) is 17.2 Å². The third kappa shape index (κ3) is 3.27. The van der Waals surface area contributed by atoms with Gasteiger partial charge in [-0.3, -0.25) is 9.20 Å². The molecule has 1 aliphatic rings. The van der Waals surface area contributed by atoms with Gasteiger partial charge < -0.3 is 20.6 Å². The molecule has 0 unspecified atom stereocenters. The Hall–Kier alpha value is -2.77. The van der Waals surface area contributed by atoms with Crippen LogP contribution in [-0.4, -0.2) is 51.5 Å². The first-order chi connectivity index (χ1) is 13.5. The van der Waals surface area contributed by atoms with Crippen LogP contribution in [0.15, 0.2) is 36.7 Å². The van der Waals surface area contributed by atoms with E-state index in [2.05, 4.69) is 9.88 Å². The molecule has 0 saturated carbocycles. The van der Waals surface area contributed by atoms with Crippen LogP contribution < -0.4 is 10.6 Å². The van der Waals surface area contributed by atoms with Crippen molar-refractivity contribution in [1.82, 2.24) is 14.3 Å². The summed E-state index contributed by atoms with van der Waals surface area (Å²) in [4.78, 5) is 20.2. The summed E-state index contributed by atoms with van der Waals surface area (Å²) < 4.78 is 2.03. The summed E-state index contributed by atoms with van der Waals surface area (Å²) in [5, 5.41) is 10.1. The zero-order valence-electron chi connectivity index (χ0n) is 15.6. The molecule has 7 nitrogen and oxygen atoms in total. The number of fused-ring (bicyclic) bond motifs is 1. The van der Waals surface area contributed by atoms with Gasteiger partial charge in [0.25, 0.3) is 0 Å². The van der Waals surface area contributed by atoms with E-state index < -0.39 is 0 Å². The van der Waals surface area contributed by atoms with Gasteiger partial charge in [-0.25, -0.2) is 4.98 Å². The summed E-state index contributed by atoms with van der Waals surface area (Å²) in [7, 11) is 0. The number of halogens is 1. The monoisotopic (exact) mass is 399 g/mol. The topological polar surface area (TPSA) is 87.1 Å². The molecule has 8 heteroatoms. The maximum Gasteiger partial charge on any atom is 0.219 e. The van der Waals surface area contributed by atoms with E-state index in [-0.39, 0.29) is 11.7 Å². The number of nitrogens with zero attached hydrogens (tertiary/aromatic N) is 4. The second kappa shape index (κ2) is 7.33. The number of aromatic nitrogens is 2. The Bertz CT molecular complexity index is 1040. The standard InChI is InChI=1S/C20H22ClN5O2/c1-13(27)24-4-6-25(7-5-24)20-11-23-19-8-14(10-22)17(12-26(19)20)16-3-2-15(28)9-18(16)21/h2-3,8-9,11-12,28H,4-7,10,22H2,1H3. The Morgan fingerprint density at radius 2 is 1.96 bits per heavy atom. The zero-order valence-corrected chi connectivity index (χ0v) is 16.4. The van der Waals surface area contributed by atoms with Crippen LogP contribution in [0, 0.1) is 0 Å². The Morgan fingerprint density at radius 3 is 2.61 bits per heavy atom. The Morgan fingerprint density at radius 1 is 1.21 bits per heavy atom. The van der Waals surface area contributed by atoms with Crippen molar-refractivity contribution in [2.75, 3.05) is 31.1 Å². The highest BCUT2D eigenvalue weighted by atomic mass is 35.5. The van der Waals surface area contributed by atoms with E-state index in [1.807, 2.05) is 27.8 Å². The molecule has 28 heavy (non-hydrogen) atoms. The van der Waals surface area contributed by atoms with E-state index in [4.69, 9.17) is 17.3 Å². The number of carbonyl (C=O) groups excluding carboxylic acids is 1. The van der Waals surface area contributed by atoms with E-state index in [9.17, 15) is 9.90 Å². The van der Waals surface area contributed by atoms with Gasteiger partial charge in [-0.15, -0.1) is 0 Å². The highest BCUT2D eigenvalue weighted by molar-refractivity contribution is 6.33. The van der Waals surface area contributed by atoms with E-state index in [0.29, 0.717) is 24.7 Å². The van der Waals surface area contributed by atoms with E-state index in [1.165, 1.54) is 6.07 Å². The molecule has 0 atom stereocenters. The van der Waals surface area contributed by atoms with Crippen molar-refractivity contribution >= 4 is 29.0 Å². The van der Waals surface area contributed by atoms with Crippen molar-refractivity contribution in [3.8, 4) is 16.9 Å². The van der Waals surface area contributed by atoms with Gasteiger partial charge in [0.2, 0.25) is 5.91 Å². The van der Waals surface area contributed by atoms with Crippen LogP contribution in [0.5, 0.6) is 5.75 Å². The van der Waals surface area contributed by atoms with Crippen LogP contribution in [0.1, 0.15) is 12.5 Å². The maximum atomic E-state index is 11.6. The number of nitrogens with two attached hydrogens (primary N) is 1. The number of anilines is 1. The number of benzene rings is 1. The molecule has 3 heterocycles. The van der Waals surface area contributed by atoms with Crippen LogP contribution in [0.25, 0.3) is 16.8 Å². The van der Waals surface area contributed by atoms with Crippen molar-refractivity contribution < 1.29 is 9.90 Å². The summed E-state index contributed by atoms with van der Waals surface area (Å²) >= 11 is 6.38. The van der Waals surface area contributed by atoms with E-state index in [0.717, 1.165) is 41.2 Å². The smallest absolute Gasteiger partial charge is 0.219 e. The predicted octanol–water partition coefficient (Wildman–Crippen LogP) is 2.49. The fourth-order valence-electron chi connectivity index (χ4n) is 3.67. The number of hydrogen-bond acceptors (Lipinski definition) is 5. The molecule has 3 N–H and O–H groups in total. The highest BCUT2D eigenvalue weighted by Crippen LogP contribution is 2.34. The molecule has 1 amide bonds. The molecule has 3 aromatic rings. The summed E-state index contributed by atoms with van der Waals surface area (Å²) in [6, 6.07) is 6.90. The highest BCUT2D eigenvalue weighted by Gasteiger charge is 2.22. The Balaban J connectivity index is 1.76. The van der Waals surface area contributed by atoms with Crippen LogP contribution in [-0.2, 0) is 11.3 Å². The first-order valence-corrected chi connectivity index (χ1v) is 9.55. The molecule has 1 aliphatic heterocycles. The molecule has 0 spiro atoms. The van der Waals surface area contributed by atoms with Crippen molar-refractivity contribution in [3.05, 3.63) is 47.2 Å². The van der Waals surface area contributed by atoms with Crippen molar-refractivity contribution in [2.45, 2.75) is 13.5 Å². The van der Waals surface area contributed by atoms with E-state index >= 15 is 0 Å². The molecule has 2 aromatic heterocycles. The molecule has 1 aromatic carbocycles. The number of carbonyl (C=O) groups is 1. The van der Waals surface area contributed by atoms with Gasteiger partial charge in [-0.05, 0) is 29.8 Å². The van der Waals surface area contributed by atoms with Crippen LogP contribution in [0.3, 0.4) is 0 Å². The van der Waals surface area contributed by atoms with Crippen molar-refractivity contribution in [3.63, 3.8) is 0 Å². The van der Waals surface area contributed by atoms with Crippen molar-refractivity contribution in [1.29, 1.82) is 0 Å². The predicted molar refractivity (Wildman–Crippen MR) is 110 cm³/mol. The van der Waals surface area contributed by atoms with Gasteiger partial charge >= 0.3 is 0 Å². The Kier molecular flexibility index (Phi) is 4.87. The van der Waals surface area contributed by atoms with Crippen LogP contribution >= 0.6 is 11.6 Å². The van der Waals surface area contributed by atoms with Gasteiger partial charge in [-0.1, -0.05) is 11.6 Å². The number of phenols is 1. The van der Waals surface area contributed by atoms with Crippen LogP contribution in [0.4, 0.5) is 5.82 Å². The van der Waals surface area contributed by atoms with Gasteiger partial charge in [0, 0.05) is 57.0 Å². The number of pyridine rings is 1. The normalized spacial score (nSPS) is 14.7. The maximum absolute atomic E-state index is 11.6. The number of piperazine rings is 1. The first-order valence-electron chi connectivity index (χ1n) is 9.17. The molecular weight excluding hydrogens is 378 g/mol. The lowest BCUT2D eigenvalue weighted by Crippen LogP contribution is -2.48. The summed E-state index contributed by atoms with van der Waals surface area (Å²) in [5.74, 6) is 1.20. The molecule has 0 bridgehead atoms. The second-order valence-corrected chi connectivity index (χ2v) is 7.33. The largest absolute Gasteiger partial charge is 0.508 e. The lowest BCUT2D eigenvalue weighted by molar-refractivity contribution is -0.129. The minimum Gasteiger partial charge on any atom is -0.508 e. The lowest BCUT2D eigenvalue weighted by Gasteiger charge is -2.35. The quantitative estimate of drug-likeness (QED) is 0.706. The fraction of sp³-hybridized carbons (Fsp3) is 0.300. The number of amides is 1. The summed E-state index contributed by atoms with van der Waals surface area (Å²) in [6.45, 7) is 4.84. The molecule has 1 fully saturated rings. The minimum atomic E-state index is 0.106. The van der Waals surface area contributed by atoms with Gasteiger partial charge in [0.15, 0.2) is 0 Å². The first kappa shape index (κ1) is 18.6. The molecule has 0 radical (unpaired) electrons. The third-order valence-electron chi connectivity index (χ3n) is 5.23. The average molecular weight is 400 g/mol. The zero-order chi connectivity index (χ0) is 19.8. The molecular formula is C20H22ClN5O2. The SMILES string of the molecule is CC(=O)N1CCN(c2cnc3cc(CN)c(-c4ccc(O)cc4Cl)cn23)CC1. The van der Waals surface area contributed by atoms with Crippen molar-refractivity contribution in [2.24, 2.45) is 5.73 Å². The molecule has 1 saturated heterocycles. The Labute approximate surface area is 167 Å².